The summed E-state index contributed by atoms with van der Waals surface area (Å²) in [4.78, 5) is 13.7. The Bertz CT molecular complexity index is 415. The predicted octanol–water partition coefficient (Wildman–Crippen LogP) is 2.07. The molecule has 0 atom stereocenters. The normalized spacial score (nSPS) is 13.9. The molecule has 0 aliphatic carbocycles. The lowest BCUT2D eigenvalue weighted by molar-refractivity contribution is -0.115. The topological polar surface area (TPSA) is 32.3 Å². The van der Waals surface area contributed by atoms with Gasteiger partial charge in [-0.15, -0.1) is 0 Å². The van der Waals surface area contributed by atoms with Crippen LogP contribution in [0.5, 0.6) is 0 Å². The van der Waals surface area contributed by atoms with Crippen molar-refractivity contribution in [2.24, 2.45) is 0 Å². The number of nitrogens with zero attached hydrogens (tertiary/aromatic N) is 1. The van der Waals surface area contributed by atoms with Gasteiger partial charge in [-0.05, 0) is 43.6 Å². The molecular weight excluding hydrogens is 212 g/mol. The number of anilines is 1. The molecule has 1 N–H and O–H groups in total. The number of likely N-dealkylation sites (N-methyl/N-ethyl adjacent to an activating group) is 1. The third-order valence-electron chi connectivity index (χ3n) is 3.25. The second-order valence-corrected chi connectivity index (χ2v) is 4.72. The number of rotatable bonds is 5. The SMILES string of the molecule is CCCN(C)CCc1cccc2c1CC(=O)N2. The van der Waals surface area contributed by atoms with Gasteiger partial charge in [0.2, 0.25) is 5.91 Å². The zero-order valence-corrected chi connectivity index (χ0v) is 10.6. The van der Waals surface area contributed by atoms with E-state index in [0.29, 0.717) is 6.42 Å². The highest BCUT2D eigenvalue weighted by atomic mass is 16.1. The monoisotopic (exact) mass is 232 g/mol. The third kappa shape index (κ3) is 2.86. The lowest BCUT2D eigenvalue weighted by Crippen LogP contribution is -2.22. The standard InChI is InChI=1S/C14H20N2O/c1-3-8-16(2)9-7-11-5-4-6-13-12(11)10-14(17)15-13/h4-6H,3,7-10H2,1-2H3,(H,15,17). The largest absolute Gasteiger partial charge is 0.326 e. The van der Waals surface area contributed by atoms with Crippen molar-refractivity contribution in [1.82, 2.24) is 4.90 Å². The maximum absolute atomic E-state index is 11.4. The minimum Gasteiger partial charge on any atom is -0.326 e. The maximum Gasteiger partial charge on any atom is 0.228 e. The fourth-order valence-corrected chi connectivity index (χ4v) is 2.35. The van der Waals surface area contributed by atoms with Crippen LogP contribution in [0.15, 0.2) is 18.2 Å². The predicted molar refractivity (Wildman–Crippen MR) is 70.3 cm³/mol. The minimum absolute atomic E-state index is 0.120. The fraction of sp³-hybridized carbons (Fsp3) is 0.500. The molecule has 1 aliphatic heterocycles. The number of hydrogen-bond acceptors (Lipinski definition) is 2. The van der Waals surface area contributed by atoms with E-state index in [-0.39, 0.29) is 5.91 Å². The molecule has 17 heavy (non-hydrogen) atoms. The summed E-state index contributed by atoms with van der Waals surface area (Å²) in [5.41, 5.74) is 3.51. The summed E-state index contributed by atoms with van der Waals surface area (Å²) in [6.07, 6.45) is 2.75. The molecule has 1 amide bonds. The van der Waals surface area contributed by atoms with Crippen molar-refractivity contribution < 1.29 is 4.79 Å². The maximum atomic E-state index is 11.4. The molecule has 3 nitrogen and oxygen atoms in total. The Hall–Kier alpha value is -1.35. The van der Waals surface area contributed by atoms with Gasteiger partial charge < -0.3 is 10.2 Å². The van der Waals surface area contributed by atoms with Crippen molar-refractivity contribution in [3.05, 3.63) is 29.3 Å². The Balaban J connectivity index is 2.03. The summed E-state index contributed by atoms with van der Waals surface area (Å²) in [6.45, 7) is 4.38. The summed E-state index contributed by atoms with van der Waals surface area (Å²) >= 11 is 0. The van der Waals surface area contributed by atoms with E-state index in [4.69, 9.17) is 0 Å². The molecule has 3 heteroatoms. The van der Waals surface area contributed by atoms with Crippen molar-refractivity contribution in [1.29, 1.82) is 0 Å². The highest BCUT2D eigenvalue weighted by Gasteiger charge is 2.19. The van der Waals surface area contributed by atoms with Crippen LogP contribution < -0.4 is 5.32 Å². The molecule has 0 aromatic heterocycles. The first kappa shape index (κ1) is 12.1. The lowest BCUT2D eigenvalue weighted by Gasteiger charge is -2.16. The highest BCUT2D eigenvalue weighted by Crippen LogP contribution is 2.26. The van der Waals surface area contributed by atoms with Gasteiger partial charge in [-0.25, -0.2) is 0 Å². The fourth-order valence-electron chi connectivity index (χ4n) is 2.35. The smallest absolute Gasteiger partial charge is 0.228 e. The molecule has 0 bridgehead atoms. The Morgan fingerprint density at radius 1 is 1.35 bits per heavy atom. The Kier molecular flexibility index (Phi) is 3.79. The molecule has 0 saturated carbocycles. The van der Waals surface area contributed by atoms with Crippen molar-refractivity contribution in [2.45, 2.75) is 26.2 Å². The first-order valence-corrected chi connectivity index (χ1v) is 6.30. The number of hydrogen-bond donors (Lipinski definition) is 1. The molecule has 1 aliphatic rings. The molecule has 0 saturated heterocycles. The quantitative estimate of drug-likeness (QED) is 0.843. The van der Waals surface area contributed by atoms with Crippen LogP contribution in [0.2, 0.25) is 0 Å². The van der Waals surface area contributed by atoms with Crippen LogP contribution in [-0.4, -0.2) is 30.9 Å². The summed E-state index contributed by atoms with van der Waals surface area (Å²) in [5, 5.41) is 2.90. The number of carbonyl (C=O) groups is 1. The Labute approximate surface area is 103 Å². The third-order valence-corrected chi connectivity index (χ3v) is 3.25. The first-order valence-electron chi connectivity index (χ1n) is 6.30. The number of fused-ring (bicyclic) bond motifs is 1. The molecule has 0 unspecified atom stereocenters. The second-order valence-electron chi connectivity index (χ2n) is 4.72. The van der Waals surface area contributed by atoms with E-state index in [1.165, 1.54) is 17.5 Å². The molecule has 92 valence electrons. The average molecular weight is 232 g/mol. The van der Waals surface area contributed by atoms with E-state index in [9.17, 15) is 4.79 Å². The molecule has 1 heterocycles. The van der Waals surface area contributed by atoms with Crippen molar-refractivity contribution in [2.75, 3.05) is 25.5 Å². The molecule has 1 aromatic rings. The molecule has 0 fully saturated rings. The van der Waals surface area contributed by atoms with E-state index in [1.807, 2.05) is 12.1 Å². The van der Waals surface area contributed by atoms with Crippen LogP contribution in [0.25, 0.3) is 0 Å². The summed E-state index contributed by atoms with van der Waals surface area (Å²) in [7, 11) is 2.15. The van der Waals surface area contributed by atoms with Crippen LogP contribution in [0.3, 0.4) is 0 Å². The van der Waals surface area contributed by atoms with E-state index >= 15 is 0 Å². The van der Waals surface area contributed by atoms with Gasteiger partial charge in [-0.2, -0.15) is 0 Å². The Morgan fingerprint density at radius 3 is 2.94 bits per heavy atom. The molecule has 1 aromatic carbocycles. The highest BCUT2D eigenvalue weighted by molar-refractivity contribution is 5.99. The van der Waals surface area contributed by atoms with Crippen LogP contribution in [-0.2, 0) is 17.6 Å². The van der Waals surface area contributed by atoms with Crippen molar-refractivity contribution >= 4 is 11.6 Å². The van der Waals surface area contributed by atoms with E-state index in [1.54, 1.807) is 0 Å². The van der Waals surface area contributed by atoms with Crippen LogP contribution in [0.1, 0.15) is 24.5 Å². The summed E-state index contributed by atoms with van der Waals surface area (Å²) < 4.78 is 0. The summed E-state index contributed by atoms with van der Waals surface area (Å²) in [6, 6.07) is 6.15. The minimum atomic E-state index is 0.120. The lowest BCUT2D eigenvalue weighted by atomic mass is 10.0. The zero-order valence-electron chi connectivity index (χ0n) is 10.6. The van der Waals surface area contributed by atoms with Crippen LogP contribution in [0, 0.1) is 0 Å². The van der Waals surface area contributed by atoms with Gasteiger partial charge in [-0.3, -0.25) is 4.79 Å². The van der Waals surface area contributed by atoms with Gasteiger partial charge >= 0.3 is 0 Å². The number of nitrogens with one attached hydrogen (secondary N) is 1. The first-order chi connectivity index (χ1) is 8.20. The average Bonchev–Trinajstić information content (AvgIpc) is 2.67. The summed E-state index contributed by atoms with van der Waals surface area (Å²) in [5.74, 6) is 0.120. The zero-order chi connectivity index (χ0) is 12.3. The van der Waals surface area contributed by atoms with Gasteiger partial charge in [-0.1, -0.05) is 19.1 Å². The van der Waals surface area contributed by atoms with E-state index in [2.05, 4.69) is 30.3 Å². The number of amides is 1. The molecule has 2 rings (SSSR count). The van der Waals surface area contributed by atoms with Gasteiger partial charge in [0.1, 0.15) is 0 Å². The Morgan fingerprint density at radius 2 is 2.18 bits per heavy atom. The molecular formula is C14H20N2O. The van der Waals surface area contributed by atoms with Crippen LogP contribution in [0.4, 0.5) is 5.69 Å². The van der Waals surface area contributed by atoms with Gasteiger partial charge in [0.05, 0.1) is 6.42 Å². The van der Waals surface area contributed by atoms with Crippen molar-refractivity contribution in [3.8, 4) is 0 Å². The van der Waals surface area contributed by atoms with Gasteiger partial charge in [0.25, 0.3) is 0 Å². The molecule has 0 radical (unpaired) electrons. The van der Waals surface area contributed by atoms with Crippen molar-refractivity contribution in [3.63, 3.8) is 0 Å². The number of benzene rings is 1. The number of carbonyl (C=O) groups excluding carboxylic acids is 1. The van der Waals surface area contributed by atoms with Gasteiger partial charge in [0, 0.05) is 12.2 Å². The van der Waals surface area contributed by atoms with Crippen LogP contribution >= 0.6 is 0 Å². The van der Waals surface area contributed by atoms with E-state index in [0.717, 1.165) is 25.2 Å². The molecule has 0 spiro atoms. The second kappa shape index (κ2) is 5.32. The van der Waals surface area contributed by atoms with E-state index < -0.39 is 0 Å². The van der Waals surface area contributed by atoms with Gasteiger partial charge in [0.15, 0.2) is 0 Å².